The SMILES string of the molecule is CC1(C)O[C@H]([C@@H]2OC(C)(C)O[C@H]2C(=O)NCCCCCC(=O)NC[C@H]2OC(C)(C)O[C@@H]2[C@@H]2OC(C)(C)O[C@H]2C(=O)NCCCCCC(=O)Oc2c(F)c(F)c(F)c(F)c2F)[C@@H](CN=[N+]=[N-])O1. The Morgan fingerprint density at radius 1 is 0.561 bits per heavy atom. The van der Waals surface area contributed by atoms with Gasteiger partial charge in [0.05, 0.1) is 12.6 Å². The van der Waals surface area contributed by atoms with Gasteiger partial charge in [0.25, 0.3) is 11.8 Å². The number of esters is 1. The minimum atomic E-state index is -2.38. The van der Waals surface area contributed by atoms with Gasteiger partial charge in [-0.2, -0.15) is 8.78 Å². The molecule has 24 heteroatoms. The maximum Gasteiger partial charge on any atom is 0.311 e. The van der Waals surface area contributed by atoms with Gasteiger partial charge in [0.1, 0.15) is 30.5 Å². The second kappa shape index (κ2) is 21.8. The van der Waals surface area contributed by atoms with E-state index in [1.54, 1.807) is 55.4 Å². The molecule has 5 rings (SSSR count). The third-order valence-electron chi connectivity index (χ3n) is 10.8. The lowest BCUT2D eigenvalue weighted by Gasteiger charge is -2.26. The molecule has 19 nitrogen and oxygen atoms in total. The first-order valence-corrected chi connectivity index (χ1v) is 21.8. The molecule has 4 fully saturated rings. The van der Waals surface area contributed by atoms with Gasteiger partial charge in [-0.3, -0.25) is 19.2 Å². The first-order chi connectivity index (χ1) is 30.8. The second-order valence-corrected chi connectivity index (χ2v) is 18.1. The van der Waals surface area contributed by atoms with E-state index in [2.05, 4.69) is 30.7 Å². The van der Waals surface area contributed by atoms with Gasteiger partial charge in [-0.05, 0) is 86.6 Å². The number of rotatable bonds is 21. The molecule has 4 heterocycles. The number of unbranched alkanes of at least 4 members (excludes halogenated alkanes) is 4. The van der Waals surface area contributed by atoms with Crippen LogP contribution in [0.1, 0.15) is 107 Å². The van der Waals surface area contributed by atoms with Gasteiger partial charge in [-0.25, -0.2) is 13.2 Å². The van der Waals surface area contributed by atoms with Crippen molar-refractivity contribution < 1.29 is 83.8 Å². The highest BCUT2D eigenvalue weighted by molar-refractivity contribution is 5.82. The normalized spacial score (nSPS) is 28.1. The van der Waals surface area contributed by atoms with E-state index >= 15 is 0 Å². The minimum Gasteiger partial charge on any atom is -0.420 e. The van der Waals surface area contributed by atoms with Crippen molar-refractivity contribution in [3.8, 4) is 5.75 Å². The Hall–Kier alpha value is -4.26. The van der Waals surface area contributed by atoms with Crippen LogP contribution in [0.5, 0.6) is 5.75 Å². The number of carbonyl (C=O) groups is 4. The second-order valence-electron chi connectivity index (χ2n) is 18.1. The fraction of sp³-hybridized carbons (Fsp3) is 0.762. The molecule has 0 radical (unpaired) electrons. The molecule has 3 amide bonds. The van der Waals surface area contributed by atoms with Gasteiger partial charge >= 0.3 is 5.97 Å². The number of ether oxygens (including phenoxy) is 9. The number of halogens is 5. The average molecular weight is 951 g/mol. The Bertz CT molecular complexity index is 1960. The molecule has 0 aromatic heterocycles. The van der Waals surface area contributed by atoms with Crippen LogP contribution in [0.2, 0.25) is 0 Å². The lowest BCUT2D eigenvalue weighted by atomic mass is 10.0. The molecule has 0 aliphatic carbocycles. The summed E-state index contributed by atoms with van der Waals surface area (Å²) in [5, 5.41) is 12.1. The van der Waals surface area contributed by atoms with Crippen molar-refractivity contribution in [2.45, 2.75) is 179 Å². The van der Waals surface area contributed by atoms with Crippen LogP contribution in [-0.2, 0) is 57.1 Å². The van der Waals surface area contributed by atoms with Crippen LogP contribution >= 0.6 is 0 Å². The number of benzene rings is 1. The minimum absolute atomic E-state index is 0.0210. The van der Waals surface area contributed by atoms with Crippen molar-refractivity contribution in [3.63, 3.8) is 0 Å². The monoisotopic (exact) mass is 950 g/mol. The van der Waals surface area contributed by atoms with E-state index in [4.69, 9.17) is 43.4 Å². The maximum absolute atomic E-state index is 13.9. The summed E-state index contributed by atoms with van der Waals surface area (Å²) >= 11 is 0. The number of hydrogen-bond acceptors (Lipinski definition) is 14. The standard InChI is InChI=1S/C42H59F5N6O13/c1-39(2)59-21(19-51-23(54)15-11-9-13-17-49-38(57)36-34(64-42(7,8)66-36)31-22(20-52-53-48)60-40(3,4)62-31)30(61-39)33-35(65-41(5,6)63-33)37(56)50-18-14-10-12-16-24(55)58-32-28(46)26(44)25(43)27(45)29(32)47/h21-22,30-31,33-36H,9-20H2,1-8H3,(H,49,57)(H,50,56)(H,51,54)/t21-,22-,30+,31+,33+,34+,35-,36-/m1/s1. The van der Waals surface area contributed by atoms with Crippen LogP contribution in [0.3, 0.4) is 0 Å². The number of hydrogen-bond donors (Lipinski definition) is 3. The molecule has 0 saturated carbocycles. The molecular formula is C42H59F5N6O13. The lowest BCUT2D eigenvalue weighted by Crippen LogP contribution is -2.50. The zero-order valence-corrected chi connectivity index (χ0v) is 38.1. The molecule has 0 unspecified atom stereocenters. The van der Waals surface area contributed by atoms with Crippen molar-refractivity contribution >= 4 is 23.7 Å². The number of azide groups is 1. The molecule has 8 atom stereocenters. The van der Waals surface area contributed by atoms with Gasteiger partial charge in [0.15, 0.2) is 35.4 Å². The number of nitrogens with zero attached hydrogens (tertiary/aromatic N) is 3. The van der Waals surface area contributed by atoms with E-state index in [0.29, 0.717) is 38.6 Å². The number of carbonyl (C=O) groups excluding carboxylic acids is 4. The highest BCUT2D eigenvalue weighted by atomic mass is 19.2. The Balaban J connectivity index is 1.02. The molecular weight excluding hydrogens is 891 g/mol. The van der Waals surface area contributed by atoms with E-state index in [1.807, 2.05) is 0 Å². The van der Waals surface area contributed by atoms with Gasteiger partial charge in [-0.15, -0.1) is 0 Å². The van der Waals surface area contributed by atoms with E-state index in [1.165, 1.54) is 0 Å². The van der Waals surface area contributed by atoms with E-state index in [-0.39, 0.29) is 38.4 Å². The summed E-state index contributed by atoms with van der Waals surface area (Å²) in [6, 6.07) is 0. The van der Waals surface area contributed by atoms with E-state index in [9.17, 15) is 41.1 Å². The molecule has 66 heavy (non-hydrogen) atoms. The molecule has 1 aromatic rings. The summed E-state index contributed by atoms with van der Waals surface area (Å²) in [7, 11) is 0. The van der Waals surface area contributed by atoms with Gasteiger partial charge in [0, 0.05) is 37.4 Å². The molecule has 0 bridgehead atoms. The first kappa shape index (κ1) is 52.7. The smallest absolute Gasteiger partial charge is 0.311 e. The largest absolute Gasteiger partial charge is 0.420 e. The zero-order valence-electron chi connectivity index (χ0n) is 38.1. The molecule has 3 N–H and O–H groups in total. The summed E-state index contributed by atoms with van der Waals surface area (Å²) in [5.41, 5.74) is 8.84. The van der Waals surface area contributed by atoms with Crippen LogP contribution in [-0.4, -0.2) is 122 Å². The van der Waals surface area contributed by atoms with Gasteiger partial charge in [-0.1, -0.05) is 18.0 Å². The lowest BCUT2D eigenvalue weighted by molar-refractivity contribution is -0.175. The van der Waals surface area contributed by atoms with Crippen LogP contribution in [0.4, 0.5) is 22.0 Å². The van der Waals surface area contributed by atoms with Crippen LogP contribution < -0.4 is 20.7 Å². The molecule has 4 aliphatic heterocycles. The van der Waals surface area contributed by atoms with Crippen molar-refractivity contribution in [2.75, 3.05) is 26.2 Å². The topological polar surface area (TPSA) is 236 Å². The fourth-order valence-electron chi connectivity index (χ4n) is 8.09. The van der Waals surface area contributed by atoms with E-state index in [0.717, 1.165) is 0 Å². The summed E-state index contributed by atoms with van der Waals surface area (Å²) < 4.78 is 121. The molecule has 4 aliphatic rings. The molecule has 1 aromatic carbocycles. The molecule has 0 spiro atoms. The highest BCUT2D eigenvalue weighted by Gasteiger charge is 2.57. The quantitative estimate of drug-likeness (QED) is 0.0167. The average Bonchev–Trinajstić information content (AvgIpc) is 3.95. The van der Waals surface area contributed by atoms with Crippen molar-refractivity contribution in [1.82, 2.24) is 16.0 Å². The Kier molecular flexibility index (Phi) is 17.4. The number of amides is 3. The first-order valence-electron chi connectivity index (χ1n) is 21.8. The summed E-state index contributed by atoms with van der Waals surface area (Å²) in [6.45, 7) is 13.8. The molecule has 370 valence electrons. The van der Waals surface area contributed by atoms with E-state index < -0.39 is 131 Å². The Morgan fingerprint density at radius 2 is 0.985 bits per heavy atom. The number of nitrogens with one attached hydrogen (secondary N) is 3. The predicted octanol–water partition coefficient (Wildman–Crippen LogP) is 5.15. The highest BCUT2D eigenvalue weighted by Crippen LogP contribution is 2.40. The predicted molar refractivity (Wildman–Crippen MR) is 217 cm³/mol. The van der Waals surface area contributed by atoms with Crippen LogP contribution in [0, 0.1) is 29.1 Å². The van der Waals surface area contributed by atoms with Gasteiger partial charge < -0.3 is 58.6 Å². The van der Waals surface area contributed by atoms with Crippen LogP contribution in [0.25, 0.3) is 10.4 Å². The van der Waals surface area contributed by atoms with Crippen molar-refractivity contribution in [1.29, 1.82) is 0 Å². The van der Waals surface area contributed by atoms with Crippen molar-refractivity contribution in [3.05, 3.63) is 39.5 Å². The van der Waals surface area contributed by atoms with Crippen molar-refractivity contribution in [2.24, 2.45) is 5.11 Å². The summed E-state index contributed by atoms with van der Waals surface area (Å²) in [5.74, 6) is -19.9. The van der Waals surface area contributed by atoms with Gasteiger partial charge in [0.2, 0.25) is 40.7 Å². The third-order valence-corrected chi connectivity index (χ3v) is 10.8. The molecule has 4 saturated heterocycles. The zero-order chi connectivity index (χ0) is 48.8. The summed E-state index contributed by atoms with van der Waals surface area (Å²) in [4.78, 5) is 54.5. The fourth-order valence-corrected chi connectivity index (χ4v) is 8.09. The Morgan fingerprint density at radius 3 is 1.48 bits per heavy atom. The van der Waals surface area contributed by atoms with Crippen LogP contribution in [0.15, 0.2) is 5.11 Å². The summed E-state index contributed by atoms with van der Waals surface area (Å²) in [6.07, 6.45) is -4.72. The maximum atomic E-state index is 13.9. The Labute approximate surface area is 378 Å². The third kappa shape index (κ3) is 13.7.